The van der Waals surface area contributed by atoms with Crippen LogP contribution in [0.4, 0.5) is 0 Å². The first-order chi connectivity index (χ1) is 10.6. The molecule has 3 nitrogen and oxygen atoms in total. The highest BCUT2D eigenvalue weighted by Gasteiger charge is 2.38. The number of aliphatic hydroxyl groups excluding tert-OH is 1. The second-order valence-corrected chi connectivity index (χ2v) is 9.95. The Morgan fingerprint density at radius 3 is 2.43 bits per heavy atom. The van der Waals surface area contributed by atoms with Gasteiger partial charge in [0.05, 0.1) is 12.7 Å². The number of rotatable bonds is 9. The van der Waals surface area contributed by atoms with E-state index >= 15 is 0 Å². The minimum absolute atomic E-state index is 0.0440. The molecule has 2 aliphatic carbocycles. The number of fused-ring (bicyclic) bond motifs is 2. The Kier molecular flexibility index (Phi) is 6.55. The number of nitrogens with one attached hydrogen (secondary N) is 1. The van der Waals surface area contributed by atoms with Gasteiger partial charge in [-0.25, -0.2) is 0 Å². The first-order valence-corrected chi connectivity index (χ1v) is 9.65. The van der Waals surface area contributed by atoms with Gasteiger partial charge in [0.2, 0.25) is 0 Å². The van der Waals surface area contributed by atoms with E-state index in [9.17, 15) is 5.11 Å². The van der Waals surface area contributed by atoms with Crippen LogP contribution in [0.3, 0.4) is 0 Å². The highest BCUT2D eigenvalue weighted by molar-refractivity contribution is 4.89. The molecule has 0 aromatic heterocycles. The fourth-order valence-electron chi connectivity index (χ4n) is 5.03. The van der Waals surface area contributed by atoms with E-state index in [-0.39, 0.29) is 5.54 Å². The number of β-amino-alcohol motifs (C(OH)–C–C–N with tert-alkyl or cyclic N) is 1. The maximum Gasteiger partial charge on any atom is 0.0897 e. The molecule has 4 atom stereocenters. The zero-order valence-electron chi connectivity index (χ0n) is 16.0. The fraction of sp³-hybridized carbons (Fsp3) is 1.00. The summed E-state index contributed by atoms with van der Waals surface area (Å²) in [4.78, 5) is 0. The first-order valence-electron chi connectivity index (χ1n) is 9.65. The molecule has 3 heteroatoms. The normalized spacial score (nSPS) is 29.2. The summed E-state index contributed by atoms with van der Waals surface area (Å²) >= 11 is 0. The van der Waals surface area contributed by atoms with Crippen LogP contribution in [-0.2, 0) is 4.74 Å². The Morgan fingerprint density at radius 2 is 1.87 bits per heavy atom. The Hall–Kier alpha value is -0.120. The molecule has 0 heterocycles. The van der Waals surface area contributed by atoms with Gasteiger partial charge >= 0.3 is 0 Å². The minimum atomic E-state index is -0.408. The molecule has 0 aromatic carbocycles. The number of aliphatic hydroxyl groups is 1. The number of hydrogen-bond acceptors (Lipinski definition) is 3. The van der Waals surface area contributed by atoms with Crippen LogP contribution in [0, 0.1) is 23.2 Å². The molecule has 23 heavy (non-hydrogen) atoms. The van der Waals surface area contributed by atoms with Crippen molar-refractivity contribution in [2.75, 3.05) is 19.8 Å². The van der Waals surface area contributed by atoms with Crippen molar-refractivity contribution >= 4 is 0 Å². The van der Waals surface area contributed by atoms with Gasteiger partial charge in [0, 0.05) is 18.7 Å². The topological polar surface area (TPSA) is 41.5 Å². The van der Waals surface area contributed by atoms with E-state index in [0.29, 0.717) is 18.6 Å². The summed E-state index contributed by atoms with van der Waals surface area (Å²) in [5, 5.41) is 13.6. The number of hydrogen-bond donors (Lipinski definition) is 2. The zero-order chi connectivity index (χ0) is 17.1. The zero-order valence-corrected chi connectivity index (χ0v) is 16.0. The molecule has 2 aliphatic rings. The third kappa shape index (κ3) is 6.72. The Labute approximate surface area is 143 Å². The second kappa shape index (κ2) is 7.84. The Balaban J connectivity index is 1.54. The molecule has 0 aliphatic heterocycles. The molecule has 0 aromatic rings. The lowest BCUT2D eigenvalue weighted by Crippen LogP contribution is -2.46. The Morgan fingerprint density at radius 1 is 1.13 bits per heavy atom. The van der Waals surface area contributed by atoms with Gasteiger partial charge in [0.1, 0.15) is 0 Å². The van der Waals surface area contributed by atoms with Gasteiger partial charge in [-0.1, -0.05) is 27.2 Å². The van der Waals surface area contributed by atoms with Crippen LogP contribution in [0.15, 0.2) is 0 Å². The monoisotopic (exact) mass is 325 g/mol. The maximum absolute atomic E-state index is 10.1. The largest absolute Gasteiger partial charge is 0.389 e. The van der Waals surface area contributed by atoms with Crippen molar-refractivity contribution < 1.29 is 9.84 Å². The molecule has 2 saturated carbocycles. The van der Waals surface area contributed by atoms with Crippen molar-refractivity contribution in [2.24, 2.45) is 23.2 Å². The fourth-order valence-corrected chi connectivity index (χ4v) is 5.03. The third-order valence-electron chi connectivity index (χ3n) is 5.62. The highest BCUT2D eigenvalue weighted by Crippen LogP contribution is 2.49. The quantitative estimate of drug-likeness (QED) is 0.630. The molecule has 0 saturated heterocycles. The van der Waals surface area contributed by atoms with Gasteiger partial charge in [-0.15, -0.1) is 0 Å². The van der Waals surface area contributed by atoms with Crippen LogP contribution in [-0.4, -0.2) is 36.5 Å². The van der Waals surface area contributed by atoms with Gasteiger partial charge < -0.3 is 15.2 Å². The summed E-state index contributed by atoms with van der Waals surface area (Å²) in [5.74, 6) is 2.90. The SMILES string of the molecule is CC(C)(C)CC(C)(C)NC[C@@H](O)COCC[C@@H]1C[C@H]2CC[C@H]1C2. The van der Waals surface area contributed by atoms with E-state index in [4.69, 9.17) is 4.74 Å². The lowest BCUT2D eigenvalue weighted by atomic mass is 9.82. The lowest BCUT2D eigenvalue weighted by molar-refractivity contribution is 0.0248. The van der Waals surface area contributed by atoms with Crippen LogP contribution < -0.4 is 5.32 Å². The predicted molar refractivity (Wildman–Crippen MR) is 96.5 cm³/mol. The van der Waals surface area contributed by atoms with E-state index in [1.54, 1.807) is 0 Å². The van der Waals surface area contributed by atoms with E-state index in [1.165, 1.54) is 32.1 Å². The van der Waals surface area contributed by atoms with Crippen LogP contribution in [0.25, 0.3) is 0 Å². The summed E-state index contributed by atoms with van der Waals surface area (Å²) in [5.41, 5.74) is 0.334. The minimum Gasteiger partial charge on any atom is -0.389 e. The lowest BCUT2D eigenvalue weighted by Gasteiger charge is -2.34. The van der Waals surface area contributed by atoms with Gasteiger partial charge in [0.15, 0.2) is 0 Å². The summed E-state index contributed by atoms with van der Waals surface area (Å²) in [6.45, 7) is 13.1. The van der Waals surface area contributed by atoms with Crippen LogP contribution in [0.1, 0.15) is 73.1 Å². The van der Waals surface area contributed by atoms with Crippen LogP contribution in [0.2, 0.25) is 0 Å². The second-order valence-electron chi connectivity index (χ2n) is 9.95. The molecule has 2 bridgehead atoms. The van der Waals surface area contributed by atoms with E-state index in [1.807, 2.05) is 0 Å². The predicted octanol–water partition coefficient (Wildman–Crippen LogP) is 3.99. The van der Waals surface area contributed by atoms with Crippen molar-refractivity contribution in [1.29, 1.82) is 0 Å². The highest BCUT2D eigenvalue weighted by atomic mass is 16.5. The molecule has 2 rings (SSSR count). The first kappa shape index (κ1) is 19.2. The van der Waals surface area contributed by atoms with Crippen molar-refractivity contribution in [2.45, 2.75) is 84.8 Å². The number of ether oxygens (including phenoxy) is 1. The molecule has 0 unspecified atom stereocenters. The summed E-state index contributed by atoms with van der Waals surface area (Å²) in [7, 11) is 0. The molecule has 2 N–H and O–H groups in total. The molecule has 136 valence electrons. The smallest absolute Gasteiger partial charge is 0.0897 e. The molecule has 0 radical (unpaired) electrons. The molecule has 2 fully saturated rings. The average molecular weight is 326 g/mol. The van der Waals surface area contributed by atoms with E-state index in [0.717, 1.165) is 30.8 Å². The van der Waals surface area contributed by atoms with Crippen LogP contribution >= 0.6 is 0 Å². The standard InChI is InChI=1S/C20H39NO2/c1-19(2,3)14-20(4,5)21-12-18(22)13-23-9-8-17-11-15-6-7-16(17)10-15/h15-18,21-22H,6-14H2,1-5H3/t15-,16-,17+,18+/m0/s1. The molecular formula is C20H39NO2. The van der Waals surface area contributed by atoms with Crippen molar-refractivity contribution in [3.05, 3.63) is 0 Å². The van der Waals surface area contributed by atoms with Gasteiger partial charge in [-0.2, -0.15) is 0 Å². The molecule has 0 spiro atoms. The summed E-state index contributed by atoms with van der Waals surface area (Å²) < 4.78 is 5.74. The average Bonchev–Trinajstić information content (AvgIpc) is 3.01. The van der Waals surface area contributed by atoms with E-state index in [2.05, 4.69) is 39.9 Å². The third-order valence-corrected chi connectivity index (χ3v) is 5.62. The van der Waals surface area contributed by atoms with Crippen LogP contribution in [0.5, 0.6) is 0 Å². The maximum atomic E-state index is 10.1. The summed E-state index contributed by atoms with van der Waals surface area (Å²) in [6.07, 6.45) is 7.68. The van der Waals surface area contributed by atoms with Crippen molar-refractivity contribution in [3.63, 3.8) is 0 Å². The molecular weight excluding hydrogens is 286 g/mol. The van der Waals surface area contributed by atoms with Crippen molar-refractivity contribution in [3.8, 4) is 0 Å². The van der Waals surface area contributed by atoms with Gasteiger partial charge in [-0.3, -0.25) is 0 Å². The summed E-state index contributed by atoms with van der Waals surface area (Å²) in [6, 6.07) is 0. The van der Waals surface area contributed by atoms with Crippen molar-refractivity contribution in [1.82, 2.24) is 5.32 Å². The van der Waals surface area contributed by atoms with Gasteiger partial charge in [-0.05, 0) is 69.1 Å². The molecule has 0 amide bonds. The van der Waals surface area contributed by atoms with Gasteiger partial charge in [0.25, 0.3) is 0 Å². The van der Waals surface area contributed by atoms with E-state index < -0.39 is 6.10 Å². The Bertz CT molecular complexity index is 361.